The number of aliphatic hydroxyl groups is 1. The summed E-state index contributed by atoms with van der Waals surface area (Å²) in [6.45, 7) is 5.08. The third-order valence-electron chi connectivity index (χ3n) is 3.12. The Bertz CT molecular complexity index is 392. The van der Waals surface area contributed by atoms with Gasteiger partial charge in [0, 0.05) is 24.5 Å². The molecule has 1 rings (SSSR count). The lowest BCUT2D eigenvalue weighted by atomic mass is 9.97. The van der Waals surface area contributed by atoms with Crippen molar-refractivity contribution in [3.8, 4) is 0 Å². The van der Waals surface area contributed by atoms with Gasteiger partial charge < -0.3 is 10.0 Å². The van der Waals surface area contributed by atoms with Crippen LogP contribution in [0, 0.1) is 5.92 Å². The van der Waals surface area contributed by atoms with Gasteiger partial charge in [-0.1, -0.05) is 30.7 Å². The molecular formula is C15H22ClNO2. The molecule has 1 amide bonds. The van der Waals surface area contributed by atoms with Crippen LogP contribution in [-0.4, -0.2) is 35.6 Å². The van der Waals surface area contributed by atoms with Gasteiger partial charge in [0.15, 0.2) is 0 Å². The molecule has 1 unspecified atom stereocenters. The number of benzene rings is 1. The Morgan fingerprint density at radius 2 is 2.00 bits per heavy atom. The maximum absolute atomic E-state index is 12.0. The van der Waals surface area contributed by atoms with Crippen LogP contribution < -0.4 is 0 Å². The molecule has 0 fully saturated rings. The van der Waals surface area contributed by atoms with Crippen LogP contribution >= 0.6 is 11.6 Å². The van der Waals surface area contributed by atoms with Crippen molar-refractivity contribution in [1.82, 2.24) is 4.90 Å². The minimum atomic E-state index is 0.0190. The molecule has 0 heterocycles. The smallest absolute Gasteiger partial charge is 0.222 e. The first-order valence-corrected chi connectivity index (χ1v) is 7.07. The van der Waals surface area contributed by atoms with E-state index >= 15 is 0 Å². The molecule has 0 aliphatic rings. The Balaban J connectivity index is 2.47. The number of carbonyl (C=O) groups excluding carboxylic acids is 1. The Morgan fingerprint density at radius 1 is 1.37 bits per heavy atom. The predicted octanol–water partition coefficient (Wildman–Crippen LogP) is 2.75. The quantitative estimate of drug-likeness (QED) is 0.836. The van der Waals surface area contributed by atoms with Crippen molar-refractivity contribution in [1.29, 1.82) is 0 Å². The number of amides is 1. The average molecular weight is 284 g/mol. The summed E-state index contributed by atoms with van der Waals surface area (Å²) in [7, 11) is 0. The molecule has 0 aromatic heterocycles. The maximum atomic E-state index is 12.0. The average Bonchev–Trinajstić information content (AvgIpc) is 2.38. The second-order valence-corrected chi connectivity index (χ2v) is 5.27. The van der Waals surface area contributed by atoms with Gasteiger partial charge in [-0.2, -0.15) is 0 Å². The van der Waals surface area contributed by atoms with Gasteiger partial charge in [0.2, 0.25) is 5.91 Å². The van der Waals surface area contributed by atoms with E-state index in [-0.39, 0.29) is 18.4 Å². The fourth-order valence-corrected chi connectivity index (χ4v) is 2.23. The topological polar surface area (TPSA) is 40.5 Å². The standard InChI is InChI=1S/C15H22ClNO2/c1-3-17(8-9-18)15(19)11-12(2)10-13-4-6-14(16)7-5-13/h4-7,12,18H,3,8-11H2,1-2H3. The van der Waals surface area contributed by atoms with Gasteiger partial charge in [0.1, 0.15) is 0 Å². The van der Waals surface area contributed by atoms with Crippen LogP contribution in [0.4, 0.5) is 0 Å². The number of halogens is 1. The van der Waals surface area contributed by atoms with Crippen molar-refractivity contribution >= 4 is 17.5 Å². The van der Waals surface area contributed by atoms with E-state index in [0.717, 1.165) is 11.4 Å². The zero-order chi connectivity index (χ0) is 14.3. The number of nitrogens with zero attached hydrogens (tertiary/aromatic N) is 1. The van der Waals surface area contributed by atoms with Crippen LogP contribution in [0.5, 0.6) is 0 Å². The van der Waals surface area contributed by atoms with Crippen molar-refractivity contribution in [2.24, 2.45) is 5.92 Å². The zero-order valence-corrected chi connectivity index (χ0v) is 12.4. The van der Waals surface area contributed by atoms with E-state index in [1.54, 1.807) is 4.90 Å². The van der Waals surface area contributed by atoms with Gasteiger partial charge >= 0.3 is 0 Å². The van der Waals surface area contributed by atoms with Crippen molar-refractivity contribution in [2.75, 3.05) is 19.7 Å². The fraction of sp³-hybridized carbons (Fsp3) is 0.533. The molecule has 4 heteroatoms. The summed E-state index contributed by atoms with van der Waals surface area (Å²) in [5, 5.41) is 9.63. The maximum Gasteiger partial charge on any atom is 0.222 e. The lowest BCUT2D eigenvalue weighted by molar-refractivity contribution is -0.132. The molecule has 1 N–H and O–H groups in total. The van der Waals surface area contributed by atoms with E-state index in [0.29, 0.717) is 19.5 Å². The third kappa shape index (κ3) is 5.62. The number of hydrogen-bond donors (Lipinski definition) is 1. The number of rotatable bonds is 7. The highest BCUT2D eigenvalue weighted by Gasteiger charge is 2.15. The summed E-state index contributed by atoms with van der Waals surface area (Å²) >= 11 is 5.84. The van der Waals surface area contributed by atoms with E-state index < -0.39 is 0 Å². The van der Waals surface area contributed by atoms with E-state index in [1.165, 1.54) is 5.56 Å². The number of aliphatic hydroxyl groups excluding tert-OH is 1. The molecule has 0 spiro atoms. The molecule has 1 aromatic rings. The summed E-state index contributed by atoms with van der Waals surface area (Å²) in [5.41, 5.74) is 1.19. The predicted molar refractivity (Wildman–Crippen MR) is 78.3 cm³/mol. The van der Waals surface area contributed by atoms with Gasteiger partial charge in [0.05, 0.1) is 6.61 Å². The molecule has 0 radical (unpaired) electrons. The normalized spacial score (nSPS) is 12.2. The molecule has 0 bridgehead atoms. The molecule has 0 aliphatic carbocycles. The lowest BCUT2D eigenvalue weighted by Crippen LogP contribution is -2.34. The second-order valence-electron chi connectivity index (χ2n) is 4.84. The molecule has 0 saturated heterocycles. The molecule has 3 nitrogen and oxygen atoms in total. The van der Waals surface area contributed by atoms with Crippen LogP contribution in [0.15, 0.2) is 24.3 Å². The Kier molecular flexibility index (Phi) is 6.89. The molecule has 1 aromatic carbocycles. The van der Waals surface area contributed by atoms with Crippen molar-refractivity contribution in [3.63, 3.8) is 0 Å². The van der Waals surface area contributed by atoms with E-state index in [4.69, 9.17) is 16.7 Å². The third-order valence-corrected chi connectivity index (χ3v) is 3.38. The van der Waals surface area contributed by atoms with Crippen LogP contribution in [-0.2, 0) is 11.2 Å². The molecule has 19 heavy (non-hydrogen) atoms. The number of carbonyl (C=O) groups is 1. The highest BCUT2D eigenvalue weighted by Crippen LogP contribution is 2.16. The lowest BCUT2D eigenvalue weighted by Gasteiger charge is -2.21. The summed E-state index contributed by atoms with van der Waals surface area (Å²) in [4.78, 5) is 13.7. The Morgan fingerprint density at radius 3 is 2.53 bits per heavy atom. The molecule has 1 atom stereocenters. The number of likely N-dealkylation sites (N-methyl/N-ethyl adjacent to an activating group) is 1. The van der Waals surface area contributed by atoms with Crippen molar-refractivity contribution in [2.45, 2.75) is 26.7 Å². The van der Waals surface area contributed by atoms with Crippen LogP contribution in [0.1, 0.15) is 25.8 Å². The zero-order valence-electron chi connectivity index (χ0n) is 11.6. The highest BCUT2D eigenvalue weighted by atomic mass is 35.5. The minimum absolute atomic E-state index is 0.0190. The molecular weight excluding hydrogens is 262 g/mol. The Labute approximate surface area is 120 Å². The number of hydrogen-bond acceptors (Lipinski definition) is 2. The van der Waals surface area contributed by atoms with E-state index in [1.807, 2.05) is 31.2 Å². The van der Waals surface area contributed by atoms with Gasteiger partial charge in [-0.05, 0) is 37.0 Å². The first-order chi connectivity index (χ1) is 9.06. The van der Waals surface area contributed by atoms with E-state index in [2.05, 4.69) is 6.92 Å². The summed E-state index contributed by atoms with van der Waals surface area (Å²) in [6.07, 6.45) is 1.37. The SMILES string of the molecule is CCN(CCO)C(=O)CC(C)Cc1ccc(Cl)cc1. The van der Waals surface area contributed by atoms with Crippen molar-refractivity contribution < 1.29 is 9.90 Å². The fourth-order valence-electron chi connectivity index (χ4n) is 2.10. The van der Waals surface area contributed by atoms with Gasteiger partial charge in [-0.3, -0.25) is 4.79 Å². The minimum Gasteiger partial charge on any atom is -0.395 e. The second kappa shape index (κ2) is 8.18. The van der Waals surface area contributed by atoms with Crippen LogP contribution in [0.2, 0.25) is 5.02 Å². The van der Waals surface area contributed by atoms with E-state index in [9.17, 15) is 4.79 Å². The summed E-state index contributed by atoms with van der Waals surface area (Å²) in [6, 6.07) is 7.73. The van der Waals surface area contributed by atoms with Gasteiger partial charge in [0.25, 0.3) is 0 Å². The summed E-state index contributed by atoms with van der Waals surface area (Å²) < 4.78 is 0. The van der Waals surface area contributed by atoms with Crippen LogP contribution in [0.25, 0.3) is 0 Å². The first kappa shape index (κ1) is 16.0. The monoisotopic (exact) mass is 283 g/mol. The largest absolute Gasteiger partial charge is 0.395 e. The van der Waals surface area contributed by atoms with Crippen molar-refractivity contribution in [3.05, 3.63) is 34.9 Å². The first-order valence-electron chi connectivity index (χ1n) is 6.69. The van der Waals surface area contributed by atoms with Crippen LogP contribution in [0.3, 0.4) is 0 Å². The molecule has 0 aliphatic heterocycles. The van der Waals surface area contributed by atoms with Gasteiger partial charge in [-0.25, -0.2) is 0 Å². The molecule has 106 valence electrons. The highest BCUT2D eigenvalue weighted by molar-refractivity contribution is 6.30. The molecule has 0 saturated carbocycles. The van der Waals surface area contributed by atoms with Gasteiger partial charge in [-0.15, -0.1) is 0 Å². The Hall–Kier alpha value is -1.06. The summed E-state index contributed by atoms with van der Waals surface area (Å²) in [5.74, 6) is 0.388.